The van der Waals surface area contributed by atoms with E-state index in [9.17, 15) is 0 Å². The lowest BCUT2D eigenvalue weighted by molar-refractivity contribution is 0.979. The third-order valence-electron chi connectivity index (χ3n) is 2.86. The van der Waals surface area contributed by atoms with Gasteiger partial charge in [0.15, 0.2) is 0 Å². The van der Waals surface area contributed by atoms with E-state index in [-0.39, 0.29) is 0 Å². The SMILES string of the molecule is CCC(=CP(n1cccc1)n1cccc1)CC. The Bertz CT molecular complexity index is 414. The van der Waals surface area contributed by atoms with Gasteiger partial charge in [-0.05, 0) is 42.9 Å². The Morgan fingerprint density at radius 3 is 1.65 bits per heavy atom. The van der Waals surface area contributed by atoms with Crippen molar-refractivity contribution in [3.63, 3.8) is 0 Å². The molecule has 3 heteroatoms. The van der Waals surface area contributed by atoms with Crippen LogP contribution in [0.15, 0.2) is 60.4 Å². The molecule has 0 saturated heterocycles. The number of aromatic nitrogens is 2. The van der Waals surface area contributed by atoms with Crippen molar-refractivity contribution in [2.24, 2.45) is 0 Å². The van der Waals surface area contributed by atoms with Crippen LogP contribution in [0.5, 0.6) is 0 Å². The molecule has 90 valence electrons. The van der Waals surface area contributed by atoms with Crippen LogP contribution in [0, 0.1) is 0 Å². The van der Waals surface area contributed by atoms with Gasteiger partial charge in [-0.25, -0.2) is 0 Å². The summed E-state index contributed by atoms with van der Waals surface area (Å²) in [5, 5.41) is 0. The van der Waals surface area contributed by atoms with E-state index in [1.807, 2.05) is 0 Å². The third-order valence-corrected chi connectivity index (χ3v) is 4.93. The molecule has 2 aromatic rings. The highest BCUT2D eigenvalue weighted by Gasteiger charge is 2.09. The van der Waals surface area contributed by atoms with Crippen LogP contribution in [0.4, 0.5) is 0 Å². The Hall–Kier alpha value is -1.27. The van der Waals surface area contributed by atoms with Crippen LogP contribution in [0.3, 0.4) is 0 Å². The minimum atomic E-state index is -0.457. The van der Waals surface area contributed by atoms with E-state index < -0.39 is 8.22 Å². The normalized spacial score (nSPS) is 10.8. The van der Waals surface area contributed by atoms with Crippen molar-refractivity contribution in [3.8, 4) is 0 Å². The van der Waals surface area contributed by atoms with Crippen molar-refractivity contribution < 1.29 is 0 Å². The number of allylic oxidation sites excluding steroid dienone is 1. The highest BCUT2D eigenvalue weighted by atomic mass is 31.1. The molecule has 0 aliphatic rings. The zero-order valence-electron chi connectivity index (χ0n) is 10.5. The van der Waals surface area contributed by atoms with Crippen LogP contribution in [0.1, 0.15) is 26.7 Å². The summed E-state index contributed by atoms with van der Waals surface area (Å²) in [6.45, 7) is 4.46. The highest BCUT2D eigenvalue weighted by molar-refractivity contribution is 7.57. The lowest BCUT2D eigenvalue weighted by Crippen LogP contribution is -1.95. The van der Waals surface area contributed by atoms with Gasteiger partial charge in [0, 0.05) is 24.8 Å². The Morgan fingerprint density at radius 2 is 1.29 bits per heavy atom. The fourth-order valence-corrected chi connectivity index (χ4v) is 3.82. The van der Waals surface area contributed by atoms with E-state index in [1.54, 1.807) is 0 Å². The summed E-state index contributed by atoms with van der Waals surface area (Å²) >= 11 is 0. The molecule has 0 bridgehead atoms. The van der Waals surface area contributed by atoms with Crippen LogP contribution in [0.25, 0.3) is 0 Å². The van der Waals surface area contributed by atoms with Crippen LogP contribution < -0.4 is 0 Å². The zero-order valence-corrected chi connectivity index (χ0v) is 11.3. The quantitative estimate of drug-likeness (QED) is 0.677. The molecule has 0 fully saturated rings. The fourth-order valence-electron chi connectivity index (χ4n) is 1.77. The van der Waals surface area contributed by atoms with E-state index in [2.05, 4.69) is 77.4 Å². The molecule has 2 aromatic heterocycles. The van der Waals surface area contributed by atoms with Gasteiger partial charge in [-0.15, -0.1) is 0 Å². The molecule has 2 heterocycles. The molecular weight excluding hydrogens is 227 g/mol. The zero-order chi connectivity index (χ0) is 12.1. The Kier molecular flexibility index (Phi) is 4.22. The lowest BCUT2D eigenvalue weighted by Gasteiger charge is -2.18. The molecule has 17 heavy (non-hydrogen) atoms. The first-order valence-electron chi connectivity index (χ1n) is 6.10. The largest absolute Gasteiger partial charge is 0.313 e. The molecule has 0 aliphatic heterocycles. The molecule has 0 amide bonds. The summed E-state index contributed by atoms with van der Waals surface area (Å²) in [7, 11) is -0.457. The van der Waals surface area contributed by atoms with Crippen molar-refractivity contribution in [2.45, 2.75) is 26.7 Å². The van der Waals surface area contributed by atoms with Crippen LogP contribution in [-0.4, -0.2) is 8.68 Å². The monoisotopic (exact) mass is 246 g/mol. The molecule has 0 radical (unpaired) electrons. The van der Waals surface area contributed by atoms with Gasteiger partial charge >= 0.3 is 0 Å². The summed E-state index contributed by atoms with van der Waals surface area (Å²) in [5.41, 5.74) is 1.53. The van der Waals surface area contributed by atoms with E-state index in [1.165, 1.54) is 5.57 Å². The molecule has 0 aliphatic carbocycles. The van der Waals surface area contributed by atoms with Gasteiger partial charge in [-0.2, -0.15) is 0 Å². The average molecular weight is 246 g/mol. The summed E-state index contributed by atoms with van der Waals surface area (Å²) in [6.07, 6.45) is 10.8. The molecule has 0 aromatic carbocycles. The van der Waals surface area contributed by atoms with Crippen molar-refractivity contribution in [1.82, 2.24) is 8.68 Å². The van der Waals surface area contributed by atoms with E-state index in [0.717, 1.165) is 12.8 Å². The molecule has 0 spiro atoms. The van der Waals surface area contributed by atoms with Crippen LogP contribution in [0.2, 0.25) is 0 Å². The van der Waals surface area contributed by atoms with Gasteiger partial charge in [0.05, 0.1) is 0 Å². The van der Waals surface area contributed by atoms with Crippen LogP contribution in [-0.2, 0) is 0 Å². The second-order valence-electron chi connectivity index (χ2n) is 3.94. The van der Waals surface area contributed by atoms with Gasteiger partial charge in [-0.3, -0.25) is 0 Å². The van der Waals surface area contributed by atoms with E-state index in [0.29, 0.717) is 0 Å². The first-order valence-corrected chi connectivity index (χ1v) is 7.42. The number of hydrogen-bond acceptors (Lipinski definition) is 0. The fraction of sp³-hybridized carbons (Fsp3) is 0.286. The second kappa shape index (κ2) is 5.88. The summed E-state index contributed by atoms with van der Waals surface area (Å²) in [4.78, 5) is 0. The molecule has 0 saturated carbocycles. The highest BCUT2D eigenvalue weighted by Crippen LogP contribution is 2.42. The van der Waals surface area contributed by atoms with E-state index in [4.69, 9.17) is 0 Å². The van der Waals surface area contributed by atoms with Gasteiger partial charge in [0.1, 0.15) is 8.22 Å². The average Bonchev–Trinajstić information content (AvgIpc) is 3.03. The molecule has 0 unspecified atom stereocenters. The summed E-state index contributed by atoms with van der Waals surface area (Å²) in [6, 6.07) is 8.35. The Labute approximate surface area is 104 Å². The number of nitrogens with zero attached hydrogens (tertiary/aromatic N) is 2. The maximum atomic E-state index is 2.43. The van der Waals surface area contributed by atoms with Crippen molar-refractivity contribution >= 4 is 8.22 Å². The predicted octanol–water partition coefficient (Wildman–Crippen LogP) is 4.70. The van der Waals surface area contributed by atoms with Gasteiger partial charge in [-0.1, -0.05) is 19.4 Å². The van der Waals surface area contributed by atoms with Crippen molar-refractivity contribution in [1.29, 1.82) is 0 Å². The first kappa shape index (κ1) is 12.2. The summed E-state index contributed by atoms with van der Waals surface area (Å²) < 4.78 is 4.58. The third kappa shape index (κ3) is 2.89. The second-order valence-corrected chi connectivity index (χ2v) is 5.76. The van der Waals surface area contributed by atoms with Gasteiger partial charge in [0.2, 0.25) is 0 Å². The Morgan fingerprint density at radius 1 is 0.882 bits per heavy atom. The Balaban J connectivity index is 2.35. The van der Waals surface area contributed by atoms with Crippen LogP contribution >= 0.6 is 8.22 Å². The predicted molar refractivity (Wildman–Crippen MR) is 75.2 cm³/mol. The maximum absolute atomic E-state index is 2.43. The molecule has 0 N–H and O–H groups in total. The molecule has 2 nitrogen and oxygen atoms in total. The minimum absolute atomic E-state index is 0.457. The smallest absolute Gasteiger partial charge is 0.128 e. The number of hydrogen-bond donors (Lipinski definition) is 0. The topological polar surface area (TPSA) is 9.86 Å². The standard InChI is InChI=1S/C14H19N2P/c1-3-14(4-2)13-17(15-9-5-6-10-15)16-11-7-8-12-16/h5-13H,3-4H2,1-2H3. The van der Waals surface area contributed by atoms with Gasteiger partial charge in [0.25, 0.3) is 0 Å². The lowest BCUT2D eigenvalue weighted by atomic mass is 10.2. The maximum Gasteiger partial charge on any atom is 0.128 e. The van der Waals surface area contributed by atoms with Crippen molar-refractivity contribution in [2.75, 3.05) is 0 Å². The first-order chi connectivity index (χ1) is 8.35. The van der Waals surface area contributed by atoms with Gasteiger partial charge < -0.3 is 8.68 Å². The molecule has 0 atom stereocenters. The molecule has 2 rings (SSSR count). The van der Waals surface area contributed by atoms with E-state index >= 15 is 0 Å². The molecular formula is C14H19N2P. The summed E-state index contributed by atoms with van der Waals surface area (Å²) in [5.74, 6) is 2.43. The number of rotatable bonds is 5. The van der Waals surface area contributed by atoms with Crippen molar-refractivity contribution in [3.05, 3.63) is 60.4 Å². The minimum Gasteiger partial charge on any atom is -0.313 e.